The first-order chi connectivity index (χ1) is 12.1. The summed E-state index contributed by atoms with van der Waals surface area (Å²) in [5.74, 6) is -3.13. The van der Waals surface area contributed by atoms with E-state index in [1.54, 1.807) is 6.92 Å². The molecule has 5 atom stereocenters. The number of carbonyl (C=O) groups is 4. The Morgan fingerprint density at radius 2 is 1.54 bits per heavy atom. The number of carboxylic acids is 1. The number of nitrogens with two attached hydrogens (primary N) is 1. The van der Waals surface area contributed by atoms with Gasteiger partial charge in [-0.25, -0.2) is 4.79 Å². The normalized spacial score (nSPS) is 16.5. The number of amides is 3. The first kappa shape index (κ1) is 24.5. The van der Waals surface area contributed by atoms with Gasteiger partial charge in [0, 0.05) is 11.5 Å². The number of carbonyl (C=O) groups excluding carboxylic acids is 3. The second-order valence-electron chi connectivity index (χ2n) is 5.97. The molecule has 0 saturated heterocycles. The molecule has 6 N–H and O–H groups in total. The van der Waals surface area contributed by atoms with E-state index in [0.29, 0.717) is 6.42 Å². The highest BCUT2D eigenvalue weighted by Gasteiger charge is 2.30. The van der Waals surface area contributed by atoms with Crippen molar-refractivity contribution in [2.75, 3.05) is 11.5 Å². The summed E-state index contributed by atoms with van der Waals surface area (Å²) in [6.45, 7) is 5.05. The van der Waals surface area contributed by atoms with Gasteiger partial charge in [-0.3, -0.25) is 14.4 Å². The minimum atomic E-state index is -1.22. The minimum Gasteiger partial charge on any atom is -0.480 e. The van der Waals surface area contributed by atoms with Gasteiger partial charge in [-0.1, -0.05) is 20.3 Å². The summed E-state index contributed by atoms with van der Waals surface area (Å²) in [6, 6.07) is -3.89. The van der Waals surface area contributed by atoms with Gasteiger partial charge in [0.2, 0.25) is 17.7 Å². The molecule has 0 fully saturated rings. The lowest BCUT2D eigenvalue weighted by Gasteiger charge is -2.26. The molecule has 0 rings (SSSR count). The van der Waals surface area contributed by atoms with Crippen molar-refractivity contribution < 1.29 is 24.3 Å². The fourth-order valence-electron chi connectivity index (χ4n) is 1.90. The largest absolute Gasteiger partial charge is 0.480 e. The predicted octanol–water partition coefficient (Wildman–Crippen LogP) is -1.22. The number of hydrogen-bond acceptors (Lipinski definition) is 7. The van der Waals surface area contributed by atoms with Crippen LogP contribution in [0, 0.1) is 5.92 Å². The number of hydrogen-bond donors (Lipinski definition) is 7. The molecule has 150 valence electrons. The van der Waals surface area contributed by atoms with Crippen LogP contribution in [0.4, 0.5) is 0 Å². The molecule has 11 heteroatoms. The van der Waals surface area contributed by atoms with Gasteiger partial charge in [-0.2, -0.15) is 25.3 Å². The van der Waals surface area contributed by atoms with E-state index in [-0.39, 0.29) is 17.4 Å². The maximum absolute atomic E-state index is 12.5. The van der Waals surface area contributed by atoms with E-state index in [1.165, 1.54) is 6.92 Å². The van der Waals surface area contributed by atoms with Crippen LogP contribution in [-0.2, 0) is 19.2 Å². The molecule has 0 saturated carbocycles. The number of nitrogens with one attached hydrogen (secondary N) is 3. The van der Waals surface area contributed by atoms with E-state index in [1.807, 2.05) is 6.92 Å². The van der Waals surface area contributed by atoms with E-state index in [2.05, 4.69) is 41.2 Å². The molecule has 5 unspecified atom stereocenters. The van der Waals surface area contributed by atoms with Crippen molar-refractivity contribution in [2.45, 2.75) is 51.4 Å². The van der Waals surface area contributed by atoms with Crippen molar-refractivity contribution in [1.82, 2.24) is 16.0 Å². The molecule has 0 heterocycles. The van der Waals surface area contributed by atoms with E-state index in [0.717, 1.165) is 0 Å². The Hall–Kier alpha value is -1.46. The monoisotopic (exact) mass is 408 g/mol. The highest BCUT2D eigenvalue weighted by molar-refractivity contribution is 7.80. The fraction of sp³-hybridized carbons (Fsp3) is 0.733. The Labute approximate surface area is 164 Å². The van der Waals surface area contributed by atoms with Crippen LogP contribution in [-0.4, -0.2) is 64.5 Å². The van der Waals surface area contributed by atoms with Crippen molar-refractivity contribution in [2.24, 2.45) is 11.7 Å². The second-order valence-corrected chi connectivity index (χ2v) is 6.70. The molecule has 0 aromatic carbocycles. The summed E-state index contributed by atoms with van der Waals surface area (Å²) in [4.78, 5) is 47.5. The zero-order chi connectivity index (χ0) is 20.4. The number of rotatable bonds is 11. The van der Waals surface area contributed by atoms with Gasteiger partial charge in [0.15, 0.2) is 0 Å². The van der Waals surface area contributed by atoms with E-state index in [9.17, 15) is 19.2 Å². The standard InChI is InChI=1S/C15H28N4O5S2/c1-4-7(2)11(19-13(21)9(16)5-25)14(22)17-8(3)12(20)18-10(6-26)15(23)24/h7-11,25-26H,4-6,16H2,1-3H3,(H,17,22)(H,18,20)(H,19,21)(H,23,24). The number of carboxylic acid groups (broad SMARTS) is 1. The lowest BCUT2D eigenvalue weighted by Crippen LogP contribution is -2.58. The molecule has 0 aliphatic rings. The first-order valence-corrected chi connectivity index (χ1v) is 9.46. The zero-order valence-corrected chi connectivity index (χ0v) is 16.8. The van der Waals surface area contributed by atoms with Crippen molar-refractivity contribution in [1.29, 1.82) is 0 Å². The molecule has 0 aliphatic carbocycles. The summed E-state index contributed by atoms with van der Waals surface area (Å²) >= 11 is 7.81. The Morgan fingerprint density at radius 3 is 1.96 bits per heavy atom. The van der Waals surface area contributed by atoms with Gasteiger partial charge >= 0.3 is 5.97 Å². The van der Waals surface area contributed by atoms with Crippen LogP contribution in [0.5, 0.6) is 0 Å². The summed E-state index contributed by atoms with van der Waals surface area (Å²) in [5, 5.41) is 16.3. The molecule has 26 heavy (non-hydrogen) atoms. The molecule has 9 nitrogen and oxygen atoms in total. The van der Waals surface area contributed by atoms with Crippen molar-refractivity contribution in [3.63, 3.8) is 0 Å². The van der Waals surface area contributed by atoms with Crippen LogP contribution in [0.2, 0.25) is 0 Å². The quantitative estimate of drug-likeness (QED) is 0.213. The maximum Gasteiger partial charge on any atom is 0.327 e. The second kappa shape index (κ2) is 12.0. The van der Waals surface area contributed by atoms with Gasteiger partial charge in [0.1, 0.15) is 18.1 Å². The molecule has 0 aromatic heterocycles. The fourth-order valence-corrected chi connectivity index (χ4v) is 2.31. The van der Waals surface area contributed by atoms with Crippen molar-refractivity contribution >= 4 is 48.9 Å². The van der Waals surface area contributed by atoms with Crippen molar-refractivity contribution in [3.8, 4) is 0 Å². The van der Waals surface area contributed by atoms with E-state index >= 15 is 0 Å². The molecule has 0 bridgehead atoms. The van der Waals surface area contributed by atoms with Crippen LogP contribution in [0.15, 0.2) is 0 Å². The van der Waals surface area contributed by atoms with E-state index in [4.69, 9.17) is 10.8 Å². The third kappa shape index (κ3) is 7.83. The molecule has 3 amide bonds. The lowest BCUT2D eigenvalue weighted by molar-refractivity contribution is -0.141. The Morgan fingerprint density at radius 1 is 0.962 bits per heavy atom. The lowest BCUT2D eigenvalue weighted by atomic mass is 9.97. The van der Waals surface area contributed by atoms with Crippen LogP contribution in [0.25, 0.3) is 0 Å². The summed E-state index contributed by atoms with van der Waals surface area (Å²) in [7, 11) is 0. The van der Waals surface area contributed by atoms with Crippen LogP contribution in [0.1, 0.15) is 27.2 Å². The molecule has 0 aromatic rings. The molecular formula is C15H28N4O5S2. The Kier molecular flexibility index (Phi) is 11.3. The topological polar surface area (TPSA) is 151 Å². The highest BCUT2D eigenvalue weighted by atomic mass is 32.1. The van der Waals surface area contributed by atoms with Gasteiger partial charge in [0.05, 0.1) is 6.04 Å². The summed E-state index contributed by atoms with van der Waals surface area (Å²) in [5.41, 5.74) is 5.61. The third-order valence-electron chi connectivity index (χ3n) is 3.88. The average Bonchev–Trinajstić information content (AvgIpc) is 2.61. The first-order valence-electron chi connectivity index (χ1n) is 8.20. The maximum atomic E-state index is 12.5. The van der Waals surface area contributed by atoms with Crippen LogP contribution < -0.4 is 21.7 Å². The highest BCUT2D eigenvalue weighted by Crippen LogP contribution is 2.09. The third-order valence-corrected chi connectivity index (χ3v) is 4.63. The molecule has 0 radical (unpaired) electrons. The predicted molar refractivity (Wildman–Crippen MR) is 104 cm³/mol. The smallest absolute Gasteiger partial charge is 0.327 e. The van der Waals surface area contributed by atoms with Gasteiger partial charge in [-0.15, -0.1) is 0 Å². The van der Waals surface area contributed by atoms with Gasteiger partial charge in [-0.05, 0) is 12.8 Å². The Balaban J connectivity index is 4.99. The molecule has 0 spiro atoms. The number of thiol groups is 2. The summed E-state index contributed by atoms with van der Waals surface area (Å²) in [6.07, 6.45) is 0.607. The van der Waals surface area contributed by atoms with Crippen molar-refractivity contribution in [3.05, 3.63) is 0 Å². The summed E-state index contributed by atoms with van der Waals surface area (Å²) < 4.78 is 0. The van der Waals surface area contributed by atoms with E-state index < -0.39 is 47.9 Å². The van der Waals surface area contributed by atoms with Crippen LogP contribution >= 0.6 is 25.3 Å². The number of aliphatic carboxylic acids is 1. The molecule has 0 aliphatic heterocycles. The SMILES string of the molecule is CCC(C)C(NC(=O)C(N)CS)C(=O)NC(C)C(=O)NC(CS)C(=O)O. The minimum absolute atomic E-state index is 0.0884. The van der Waals surface area contributed by atoms with Gasteiger partial charge in [0.25, 0.3) is 0 Å². The van der Waals surface area contributed by atoms with Crippen LogP contribution in [0.3, 0.4) is 0 Å². The zero-order valence-electron chi connectivity index (χ0n) is 15.1. The Bertz CT molecular complexity index is 520. The molecular weight excluding hydrogens is 380 g/mol. The average molecular weight is 409 g/mol. The van der Waals surface area contributed by atoms with Gasteiger partial charge < -0.3 is 26.8 Å².